The van der Waals surface area contributed by atoms with Crippen LogP contribution in [0.4, 0.5) is 4.39 Å². The zero-order valence-electron chi connectivity index (χ0n) is 17.9. The molecule has 1 aromatic carbocycles. The molecule has 2 fully saturated rings. The van der Waals surface area contributed by atoms with Gasteiger partial charge in [0.2, 0.25) is 5.91 Å². The molecule has 9 heteroatoms. The number of nitrogens with zero attached hydrogens (tertiary/aromatic N) is 4. The van der Waals surface area contributed by atoms with E-state index < -0.39 is 0 Å². The molecular weight excluding hydrogens is 389 g/mol. The van der Waals surface area contributed by atoms with Crippen molar-refractivity contribution in [3.63, 3.8) is 0 Å². The predicted octanol–water partition coefficient (Wildman–Crippen LogP) is 0.524. The lowest BCUT2D eigenvalue weighted by Crippen LogP contribution is -2.54. The van der Waals surface area contributed by atoms with Crippen molar-refractivity contribution >= 4 is 11.9 Å². The summed E-state index contributed by atoms with van der Waals surface area (Å²) in [5.74, 6) is 0.733. The van der Waals surface area contributed by atoms with Crippen molar-refractivity contribution in [3.05, 3.63) is 35.1 Å². The average molecular weight is 422 g/mol. The first kappa shape index (κ1) is 22.5. The maximum atomic E-state index is 13.8. The Bertz CT molecular complexity index is 731. The number of carbonyl (C=O) groups excluding carboxylic acids is 1. The summed E-state index contributed by atoms with van der Waals surface area (Å²) in [4.78, 5) is 23.1. The quantitative estimate of drug-likeness (QED) is 0.534. The van der Waals surface area contributed by atoms with E-state index in [1.165, 1.54) is 6.07 Å². The molecule has 0 unspecified atom stereocenters. The van der Waals surface area contributed by atoms with Gasteiger partial charge < -0.3 is 24.6 Å². The van der Waals surface area contributed by atoms with Gasteiger partial charge in [-0.25, -0.2) is 4.39 Å². The minimum Gasteiger partial charge on any atom is -0.380 e. The van der Waals surface area contributed by atoms with Crippen molar-refractivity contribution in [1.82, 2.24) is 20.0 Å². The Morgan fingerprint density at radius 3 is 2.57 bits per heavy atom. The largest absolute Gasteiger partial charge is 0.380 e. The van der Waals surface area contributed by atoms with Crippen LogP contribution in [0.5, 0.6) is 0 Å². The summed E-state index contributed by atoms with van der Waals surface area (Å²) in [6.07, 6.45) is 0. The highest BCUT2D eigenvalue weighted by molar-refractivity contribution is 5.80. The zero-order chi connectivity index (χ0) is 21.3. The lowest BCUT2D eigenvalue weighted by molar-refractivity contribution is -0.136. The van der Waals surface area contributed by atoms with Crippen LogP contribution < -0.4 is 5.32 Å². The fourth-order valence-corrected chi connectivity index (χ4v) is 3.74. The Morgan fingerprint density at radius 1 is 1.17 bits per heavy atom. The van der Waals surface area contributed by atoms with Crippen LogP contribution in [0.25, 0.3) is 0 Å². The van der Waals surface area contributed by atoms with Crippen molar-refractivity contribution in [1.29, 1.82) is 0 Å². The van der Waals surface area contributed by atoms with Crippen LogP contribution in [0, 0.1) is 5.82 Å². The maximum Gasteiger partial charge on any atom is 0.236 e. The number of benzene rings is 1. The minimum atomic E-state index is -0.257. The second-order valence-corrected chi connectivity index (χ2v) is 7.52. The third-order valence-corrected chi connectivity index (χ3v) is 5.47. The molecule has 2 saturated heterocycles. The molecule has 0 radical (unpaired) electrons. The van der Waals surface area contributed by atoms with Gasteiger partial charge in [-0.15, -0.1) is 0 Å². The van der Waals surface area contributed by atoms with Gasteiger partial charge in [-0.1, -0.05) is 6.07 Å². The number of hydrogen-bond acceptors (Lipinski definition) is 5. The Balaban J connectivity index is 1.45. The number of aliphatic imine (C=N–C) groups is 1. The topological polar surface area (TPSA) is 69.6 Å². The number of halogens is 1. The van der Waals surface area contributed by atoms with Gasteiger partial charge in [-0.2, -0.15) is 0 Å². The van der Waals surface area contributed by atoms with Crippen LogP contribution in [0.1, 0.15) is 11.1 Å². The van der Waals surface area contributed by atoms with E-state index in [4.69, 9.17) is 9.47 Å². The molecule has 166 valence electrons. The number of hydrogen-bond donors (Lipinski definition) is 1. The van der Waals surface area contributed by atoms with Gasteiger partial charge in [0.15, 0.2) is 5.96 Å². The lowest BCUT2D eigenvalue weighted by Gasteiger charge is -2.37. The molecule has 2 heterocycles. The van der Waals surface area contributed by atoms with Gasteiger partial charge in [-0.05, 0) is 17.7 Å². The normalized spacial score (nSPS) is 18.6. The van der Waals surface area contributed by atoms with Gasteiger partial charge in [0.25, 0.3) is 0 Å². The summed E-state index contributed by atoms with van der Waals surface area (Å²) < 4.78 is 24.2. The number of guanidine groups is 1. The summed E-state index contributed by atoms with van der Waals surface area (Å²) >= 11 is 0. The highest BCUT2D eigenvalue weighted by Crippen LogP contribution is 2.12. The van der Waals surface area contributed by atoms with Gasteiger partial charge >= 0.3 is 0 Å². The summed E-state index contributed by atoms with van der Waals surface area (Å²) in [5.41, 5.74) is 1.52. The molecule has 1 N–H and O–H groups in total. The van der Waals surface area contributed by atoms with Crippen molar-refractivity contribution in [3.8, 4) is 0 Å². The first-order valence-electron chi connectivity index (χ1n) is 10.4. The first-order valence-corrected chi connectivity index (χ1v) is 10.4. The van der Waals surface area contributed by atoms with Gasteiger partial charge in [0.05, 0.1) is 26.4 Å². The number of amides is 1. The second kappa shape index (κ2) is 11.2. The average Bonchev–Trinajstić information content (AvgIpc) is 2.78. The molecule has 30 heavy (non-hydrogen) atoms. The van der Waals surface area contributed by atoms with E-state index in [1.807, 2.05) is 11.0 Å². The molecule has 0 spiro atoms. The molecule has 0 atom stereocenters. The second-order valence-electron chi connectivity index (χ2n) is 7.52. The van der Waals surface area contributed by atoms with E-state index in [1.54, 1.807) is 20.2 Å². The fraction of sp³-hybridized carbons (Fsp3) is 0.619. The van der Waals surface area contributed by atoms with Crippen molar-refractivity contribution in [2.75, 3.05) is 73.2 Å². The Hall–Kier alpha value is -2.23. The number of nitrogens with one attached hydrogen (secondary N) is 1. The smallest absolute Gasteiger partial charge is 0.236 e. The molecule has 0 saturated carbocycles. The standard InChI is InChI=1S/C21H32FN5O3/c1-23-21(24-14-17-3-4-19(22)18(13-17)16-29-2)27-7-5-25(6-8-27)15-20(28)26-9-11-30-12-10-26/h3-4,13H,5-12,14-16H2,1-2H3,(H,23,24). The predicted molar refractivity (Wildman–Crippen MR) is 113 cm³/mol. The highest BCUT2D eigenvalue weighted by atomic mass is 19.1. The van der Waals surface area contributed by atoms with Gasteiger partial charge in [0, 0.05) is 65.5 Å². The SMILES string of the molecule is CN=C(NCc1ccc(F)c(COC)c1)N1CCN(CC(=O)N2CCOCC2)CC1. The maximum absolute atomic E-state index is 13.8. The Labute approximate surface area is 177 Å². The molecule has 3 rings (SSSR count). The van der Waals surface area contributed by atoms with Crippen LogP contribution >= 0.6 is 0 Å². The molecule has 8 nitrogen and oxygen atoms in total. The molecule has 2 aliphatic heterocycles. The number of rotatable bonds is 6. The van der Waals surface area contributed by atoms with Crippen molar-refractivity contribution in [2.45, 2.75) is 13.2 Å². The Morgan fingerprint density at radius 2 is 1.90 bits per heavy atom. The van der Waals surface area contributed by atoms with E-state index in [-0.39, 0.29) is 18.3 Å². The third kappa shape index (κ3) is 6.13. The number of piperazine rings is 1. The summed E-state index contributed by atoms with van der Waals surface area (Å²) in [7, 11) is 3.32. The third-order valence-electron chi connectivity index (χ3n) is 5.47. The van der Waals surface area contributed by atoms with Crippen molar-refractivity contribution < 1.29 is 18.7 Å². The van der Waals surface area contributed by atoms with E-state index in [9.17, 15) is 9.18 Å². The van der Waals surface area contributed by atoms with E-state index in [2.05, 4.69) is 20.1 Å². The van der Waals surface area contributed by atoms with E-state index >= 15 is 0 Å². The van der Waals surface area contributed by atoms with E-state index in [0.717, 1.165) is 37.7 Å². The molecule has 1 aromatic rings. The van der Waals surface area contributed by atoms with Crippen LogP contribution in [0.2, 0.25) is 0 Å². The molecular formula is C21H32FN5O3. The molecule has 1 amide bonds. The summed E-state index contributed by atoms with van der Waals surface area (Å²) in [6.45, 7) is 7.11. The lowest BCUT2D eigenvalue weighted by atomic mass is 10.1. The van der Waals surface area contributed by atoms with Crippen LogP contribution in [0.3, 0.4) is 0 Å². The van der Waals surface area contributed by atoms with Crippen LogP contribution in [-0.2, 0) is 27.4 Å². The minimum absolute atomic E-state index is 0.178. The molecule has 0 aromatic heterocycles. The van der Waals surface area contributed by atoms with E-state index in [0.29, 0.717) is 45.0 Å². The summed E-state index contributed by atoms with van der Waals surface area (Å²) in [6, 6.07) is 5.05. The number of carbonyl (C=O) groups is 1. The number of methoxy groups -OCH3 is 1. The molecule has 2 aliphatic rings. The molecule has 0 bridgehead atoms. The van der Waals surface area contributed by atoms with Crippen LogP contribution in [-0.4, -0.2) is 99.8 Å². The first-order chi connectivity index (χ1) is 14.6. The Kier molecular flexibility index (Phi) is 8.41. The number of ether oxygens (including phenoxy) is 2. The number of morpholine rings is 1. The molecule has 0 aliphatic carbocycles. The van der Waals surface area contributed by atoms with Crippen LogP contribution in [0.15, 0.2) is 23.2 Å². The monoisotopic (exact) mass is 421 g/mol. The van der Waals surface area contributed by atoms with Gasteiger partial charge in [0.1, 0.15) is 5.82 Å². The highest BCUT2D eigenvalue weighted by Gasteiger charge is 2.24. The van der Waals surface area contributed by atoms with Crippen molar-refractivity contribution in [2.24, 2.45) is 4.99 Å². The zero-order valence-corrected chi connectivity index (χ0v) is 17.9. The van der Waals surface area contributed by atoms with Gasteiger partial charge in [-0.3, -0.25) is 14.7 Å². The summed E-state index contributed by atoms with van der Waals surface area (Å²) in [5, 5.41) is 3.36. The fourth-order valence-electron chi connectivity index (χ4n) is 3.74.